The molecular formula is C16H13NO3S. The van der Waals surface area contributed by atoms with Gasteiger partial charge in [-0.05, 0) is 18.2 Å². The van der Waals surface area contributed by atoms with E-state index in [1.54, 1.807) is 17.8 Å². The third-order valence-electron chi connectivity index (χ3n) is 3.07. The van der Waals surface area contributed by atoms with Crippen LogP contribution >= 0.6 is 11.8 Å². The summed E-state index contributed by atoms with van der Waals surface area (Å²) in [6.45, 7) is 0. The molecule has 0 aliphatic carbocycles. The Morgan fingerprint density at radius 2 is 2.10 bits per heavy atom. The zero-order valence-corrected chi connectivity index (χ0v) is 12.2. The first-order chi connectivity index (χ1) is 10.3. The van der Waals surface area contributed by atoms with E-state index in [0.717, 1.165) is 21.5 Å². The molecule has 4 nitrogen and oxygen atoms in total. The number of rotatable bonds is 4. The number of pyridine rings is 1. The zero-order chi connectivity index (χ0) is 14.7. The number of nitrogens with zero attached hydrogens (tertiary/aromatic N) is 1. The van der Waals surface area contributed by atoms with Gasteiger partial charge in [0.2, 0.25) is 5.76 Å². The van der Waals surface area contributed by atoms with Gasteiger partial charge in [0, 0.05) is 16.7 Å². The fourth-order valence-electron chi connectivity index (χ4n) is 2.00. The maximum atomic E-state index is 11.5. The van der Waals surface area contributed by atoms with Crippen LogP contribution in [-0.4, -0.2) is 18.1 Å². The Morgan fingerprint density at radius 3 is 2.95 bits per heavy atom. The first kappa shape index (κ1) is 13.7. The van der Waals surface area contributed by atoms with Crippen molar-refractivity contribution < 1.29 is 13.9 Å². The van der Waals surface area contributed by atoms with Crippen LogP contribution in [0.25, 0.3) is 10.9 Å². The van der Waals surface area contributed by atoms with E-state index in [1.165, 1.54) is 13.4 Å². The minimum Gasteiger partial charge on any atom is -0.463 e. The van der Waals surface area contributed by atoms with Gasteiger partial charge in [-0.3, -0.25) is 0 Å². The van der Waals surface area contributed by atoms with Crippen molar-refractivity contribution in [3.05, 3.63) is 60.1 Å². The topological polar surface area (TPSA) is 52.3 Å². The van der Waals surface area contributed by atoms with E-state index in [9.17, 15) is 4.79 Å². The highest BCUT2D eigenvalue weighted by Gasteiger charge is 2.15. The first-order valence-corrected chi connectivity index (χ1v) is 7.40. The van der Waals surface area contributed by atoms with Crippen LogP contribution in [0.5, 0.6) is 0 Å². The number of methoxy groups -OCH3 is 1. The molecule has 0 N–H and O–H groups in total. The van der Waals surface area contributed by atoms with Gasteiger partial charge in [0.05, 0.1) is 23.9 Å². The van der Waals surface area contributed by atoms with Crippen LogP contribution in [-0.2, 0) is 10.5 Å². The fraction of sp³-hybridized carbons (Fsp3) is 0.125. The highest BCUT2D eigenvalue weighted by molar-refractivity contribution is 7.98. The summed E-state index contributed by atoms with van der Waals surface area (Å²) < 4.78 is 9.86. The lowest BCUT2D eigenvalue weighted by molar-refractivity contribution is 0.0564. The van der Waals surface area contributed by atoms with Crippen molar-refractivity contribution in [2.24, 2.45) is 0 Å². The lowest BCUT2D eigenvalue weighted by atomic mass is 10.2. The average Bonchev–Trinajstić information content (AvgIpc) is 3.00. The number of ether oxygens (including phenoxy) is 1. The number of hydrogen-bond donors (Lipinski definition) is 0. The van der Waals surface area contributed by atoms with Gasteiger partial charge in [-0.1, -0.05) is 24.3 Å². The number of aromatic nitrogens is 1. The standard InChI is InChI=1S/C16H13NO3S/c1-19-16(18)15-12(8-9-20-15)10-21-14-7-6-11-4-2-3-5-13(11)17-14/h2-9H,10H2,1H3. The lowest BCUT2D eigenvalue weighted by Crippen LogP contribution is -2.02. The maximum absolute atomic E-state index is 11.5. The maximum Gasteiger partial charge on any atom is 0.374 e. The van der Waals surface area contributed by atoms with E-state index in [0.29, 0.717) is 5.75 Å². The Balaban J connectivity index is 1.77. The number of furan rings is 1. The first-order valence-electron chi connectivity index (χ1n) is 6.41. The molecule has 106 valence electrons. The van der Waals surface area contributed by atoms with Crippen molar-refractivity contribution in [1.29, 1.82) is 0 Å². The van der Waals surface area contributed by atoms with Crippen LogP contribution in [0.15, 0.2) is 58.2 Å². The van der Waals surface area contributed by atoms with E-state index in [4.69, 9.17) is 4.42 Å². The van der Waals surface area contributed by atoms with Crippen LogP contribution in [0, 0.1) is 0 Å². The van der Waals surface area contributed by atoms with Crippen LogP contribution in [0.3, 0.4) is 0 Å². The minimum absolute atomic E-state index is 0.255. The highest BCUT2D eigenvalue weighted by atomic mass is 32.2. The van der Waals surface area contributed by atoms with E-state index in [-0.39, 0.29) is 5.76 Å². The molecule has 0 unspecified atom stereocenters. The molecule has 5 heteroatoms. The van der Waals surface area contributed by atoms with Crippen LogP contribution in [0.2, 0.25) is 0 Å². The molecule has 0 aliphatic heterocycles. The van der Waals surface area contributed by atoms with Gasteiger partial charge >= 0.3 is 5.97 Å². The summed E-state index contributed by atoms with van der Waals surface area (Å²) in [6, 6.07) is 13.8. The second-order valence-electron chi connectivity index (χ2n) is 4.40. The lowest BCUT2D eigenvalue weighted by Gasteiger charge is -2.03. The smallest absolute Gasteiger partial charge is 0.374 e. The number of carbonyl (C=O) groups is 1. The predicted octanol–water partition coefficient (Wildman–Crippen LogP) is 3.91. The molecule has 21 heavy (non-hydrogen) atoms. The number of para-hydroxylation sites is 1. The third kappa shape index (κ3) is 2.92. The molecule has 0 atom stereocenters. The molecule has 0 amide bonds. The third-order valence-corrected chi connectivity index (χ3v) is 4.04. The molecule has 0 fully saturated rings. The van der Waals surface area contributed by atoms with Crippen molar-refractivity contribution in [2.45, 2.75) is 10.8 Å². The van der Waals surface area contributed by atoms with Crippen molar-refractivity contribution in [2.75, 3.05) is 7.11 Å². The molecule has 1 aromatic carbocycles. The summed E-state index contributed by atoms with van der Waals surface area (Å²) in [7, 11) is 1.34. The van der Waals surface area contributed by atoms with Crippen molar-refractivity contribution in [3.8, 4) is 0 Å². The van der Waals surface area contributed by atoms with Crippen LogP contribution in [0.4, 0.5) is 0 Å². The Hall–Kier alpha value is -2.27. The minimum atomic E-state index is -0.456. The molecule has 3 aromatic rings. The van der Waals surface area contributed by atoms with Crippen molar-refractivity contribution in [1.82, 2.24) is 4.98 Å². The van der Waals surface area contributed by atoms with E-state index in [1.807, 2.05) is 36.4 Å². The molecule has 0 radical (unpaired) electrons. The molecule has 0 aliphatic rings. The Labute approximate surface area is 126 Å². The van der Waals surface area contributed by atoms with Crippen molar-refractivity contribution >= 4 is 28.6 Å². The van der Waals surface area contributed by atoms with Gasteiger partial charge < -0.3 is 9.15 Å². The van der Waals surface area contributed by atoms with Crippen LogP contribution < -0.4 is 0 Å². The normalized spacial score (nSPS) is 10.7. The molecule has 0 saturated carbocycles. The second-order valence-corrected chi connectivity index (χ2v) is 5.39. The van der Waals surface area contributed by atoms with Gasteiger partial charge in [-0.25, -0.2) is 9.78 Å². The summed E-state index contributed by atoms with van der Waals surface area (Å²) in [5, 5.41) is 2.02. The van der Waals surface area contributed by atoms with Gasteiger partial charge in [0.15, 0.2) is 0 Å². The van der Waals surface area contributed by atoms with Gasteiger partial charge in [-0.2, -0.15) is 0 Å². The largest absolute Gasteiger partial charge is 0.463 e. The SMILES string of the molecule is COC(=O)c1occc1CSc1ccc2ccccc2n1. The van der Waals surface area contributed by atoms with E-state index < -0.39 is 5.97 Å². The number of fused-ring (bicyclic) bond motifs is 1. The number of carbonyl (C=O) groups excluding carboxylic acids is 1. The zero-order valence-electron chi connectivity index (χ0n) is 11.4. The monoisotopic (exact) mass is 299 g/mol. The molecule has 0 bridgehead atoms. The number of benzene rings is 1. The van der Waals surface area contributed by atoms with E-state index in [2.05, 4.69) is 9.72 Å². The summed E-state index contributed by atoms with van der Waals surface area (Å²) in [6.07, 6.45) is 1.50. The second kappa shape index (κ2) is 6.01. The summed E-state index contributed by atoms with van der Waals surface area (Å²) in [5.74, 6) is 0.402. The number of esters is 1. The Morgan fingerprint density at radius 1 is 1.24 bits per heavy atom. The summed E-state index contributed by atoms with van der Waals surface area (Å²) in [5.41, 5.74) is 1.77. The summed E-state index contributed by atoms with van der Waals surface area (Å²) >= 11 is 1.56. The van der Waals surface area contributed by atoms with Gasteiger partial charge in [0.25, 0.3) is 0 Å². The molecular weight excluding hydrogens is 286 g/mol. The van der Waals surface area contributed by atoms with E-state index >= 15 is 0 Å². The molecule has 2 heterocycles. The molecule has 0 saturated heterocycles. The fourth-order valence-corrected chi connectivity index (χ4v) is 2.86. The number of hydrogen-bond acceptors (Lipinski definition) is 5. The van der Waals surface area contributed by atoms with Gasteiger partial charge in [-0.15, -0.1) is 11.8 Å². The Bertz CT molecular complexity index is 782. The molecule has 2 aromatic heterocycles. The predicted molar refractivity (Wildman–Crippen MR) is 81.4 cm³/mol. The summed E-state index contributed by atoms with van der Waals surface area (Å²) in [4.78, 5) is 16.1. The average molecular weight is 299 g/mol. The quantitative estimate of drug-likeness (QED) is 0.540. The molecule has 3 rings (SSSR count). The molecule has 0 spiro atoms. The number of thioether (sulfide) groups is 1. The van der Waals surface area contributed by atoms with Gasteiger partial charge in [0.1, 0.15) is 0 Å². The highest BCUT2D eigenvalue weighted by Crippen LogP contribution is 2.25. The van der Waals surface area contributed by atoms with Crippen LogP contribution in [0.1, 0.15) is 16.1 Å². The van der Waals surface area contributed by atoms with Crippen molar-refractivity contribution in [3.63, 3.8) is 0 Å². The Kier molecular flexibility index (Phi) is 3.92.